The number of nitrogens with one attached hydrogen (secondary N) is 1. The minimum absolute atomic E-state index is 0.0947. The molecule has 0 spiro atoms. The van der Waals surface area contributed by atoms with E-state index in [0.717, 1.165) is 19.3 Å². The predicted molar refractivity (Wildman–Crippen MR) is 76.2 cm³/mol. The number of rotatable bonds is 6. The number of carboxylic acid groups (broad SMARTS) is 1. The molecule has 0 saturated carbocycles. The first-order chi connectivity index (χ1) is 9.47. The van der Waals surface area contributed by atoms with Crippen LogP contribution in [0.2, 0.25) is 0 Å². The van der Waals surface area contributed by atoms with Gasteiger partial charge < -0.3 is 20.4 Å². The average Bonchev–Trinajstić information content (AvgIpc) is 2.40. The van der Waals surface area contributed by atoms with E-state index in [1.807, 2.05) is 0 Å². The van der Waals surface area contributed by atoms with Crippen molar-refractivity contribution in [3.8, 4) is 5.75 Å². The van der Waals surface area contributed by atoms with Crippen LogP contribution in [0.25, 0.3) is 0 Å². The molecule has 0 aliphatic carbocycles. The Morgan fingerprint density at radius 1 is 1.30 bits per heavy atom. The number of anilines is 1. The molecule has 1 rings (SSSR count). The molecule has 0 heterocycles. The Hall–Kier alpha value is -2.24. The number of para-hydroxylation sites is 1. The minimum atomic E-state index is -1.24. The normalized spacial score (nSPS) is 10.1. The number of carbonyl (C=O) groups excluding carboxylic acids is 1. The number of carbonyl (C=O) groups is 2. The minimum Gasteiger partial charge on any atom is -0.505 e. The molecule has 20 heavy (non-hydrogen) atoms. The van der Waals surface area contributed by atoms with E-state index < -0.39 is 11.7 Å². The summed E-state index contributed by atoms with van der Waals surface area (Å²) in [5.74, 6) is -1.68. The molecule has 6 nitrogen and oxygen atoms in total. The first-order valence-corrected chi connectivity index (χ1v) is 6.54. The lowest BCUT2D eigenvalue weighted by molar-refractivity contribution is 0.0693. The first kappa shape index (κ1) is 15.8. The smallest absolute Gasteiger partial charge is 0.339 e. The van der Waals surface area contributed by atoms with Crippen molar-refractivity contribution in [2.24, 2.45) is 0 Å². The molecule has 0 unspecified atom stereocenters. The van der Waals surface area contributed by atoms with Gasteiger partial charge in [-0.05, 0) is 18.6 Å². The topological polar surface area (TPSA) is 89.9 Å². The van der Waals surface area contributed by atoms with E-state index >= 15 is 0 Å². The standard InChI is InChI=1S/C14H20N2O4/c1-3-4-5-9-16(2)14(20)15-11-8-6-7-10(12(11)17)13(18)19/h6-8,17H,3-5,9H2,1-2H3,(H,15,20)(H,18,19). The molecule has 3 N–H and O–H groups in total. The van der Waals surface area contributed by atoms with E-state index in [-0.39, 0.29) is 17.3 Å². The molecule has 2 amide bonds. The summed E-state index contributed by atoms with van der Waals surface area (Å²) in [4.78, 5) is 24.3. The van der Waals surface area contributed by atoms with Crippen molar-refractivity contribution in [3.63, 3.8) is 0 Å². The van der Waals surface area contributed by atoms with Crippen molar-refractivity contribution in [1.82, 2.24) is 4.90 Å². The number of nitrogens with zero attached hydrogens (tertiary/aromatic N) is 1. The molecule has 0 saturated heterocycles. The van der Waals surface area contributed by atoms with E-state index in [1.54, 1.807) is 7.05 Å². The van der Waals surface area contributed by atoms with Gasteiger partial charge in [-0.3, -0.25) is 0 Å². The molecule has 0 bridgehead atoms. The van der Waals surface area contributed by atoms with Gasteiger partial charge in [0.1, 0.15) is 5.56 Å². The zero-order valence-electron chi connectivity index (χ0n) is 11.7. The van der Waals surface area contributed by atoms with Crippen molar-refractivity contribution in [3.05, 3.63) is 23.8 Å². The number of urea groups is 1. The fourth-order valence-electron chi connectivity index (χ4n) is 1.73. The van der Waals surface area contributed by atoms with Crippen LogP contribution in [0, 0.1) is 0 Å². The summed E-state index contributed by atoms with van der Waals surface area (Å²) in [5.41, 5.74) is -0.145. The highest BCUT2D eigenvalue weighted by Gasteiger charge is 2.16. The van der Waals surface area contributed by atoms with Crippen LogP contribution in [-0.2, 0) is 0 Å². The van der Waals surface area contributed by atoms with Crippen LogP contribution in [0.3, 0.4) is 0 Å². The highest BCUT2D eigenvalue weighted by Crippen LogP contribution is 2.27. The lowest BCUT2D eigenvalue weighted by atomic mass is 10.1. The lowest BCUT2D eigenvalue weighted by Crippen LogP contribution is -2.32. The van der Waals surface area contributed by atoms with Crippen LogP contribution < -0.4 is 5.32 Å². The van der Waals surface area contributed by atoms with E-state index in [0.29, 0.717) is 6.54 Å². The second-order valence-corrected chi connectivity index (χ2v) is 4.57. The van der Waals surface area contributed by atoms with Crippen molar-refractivity contribution in [2.45, 2.75) is 26.2 Å². The molecule has 110 valence electrons. The first-order valence-electron chi connectivity index (χ1n) is 6.54. The van der Waals surface area contributed by atoms with Crippen LogP contribution in [-0.4, -0.2) is 40.7 Å². The fourth-order valence-corrected chi connectivity index (χ4v) is 1.73. The number of amides is 2. The predicted octanol–water partition coefficient (Wildman–Crippen LogP) is 2.74. The zero-order chi connectivity index (χ0) is 15.1. The van der Waals surface area contributed by atoms with Crippen molar-refractivity contribution in [1.29, 1.82) is 0 Å². The van der Waals surface area contributed by atoms with Crippen LogP contribution in [0.4, 0.5) is 10.5 Å². The van der Waals surface area contributed by atoms with Gasteiger partial charge in [-0.25, -0.2) is 9.59 Å². The maximum absolute atomic E-state index is 11.9. The lowest BCUT2D eigenvalue weighted by Gasteiger charge is -2.18. The Morgan fingerprint density at radius 3 is 2.60 bits per heavy atom. The van der Waals surface area contributed by atoms with E-state index in [4.69, 9.17) is 5.11 Å². The third-order valence-corrected chi connectivity index (χ3v) is 2.95. The van der Waals surface area contributed by atoms with Crippen molar-refractivity contribution < 1.29 is 19.8 Å². The van der Waals surface area contributed by atoms with Crippen LogP contribution in [0.1, 0.15) is 36.5 Å². The van der Waals surface area contributed by atoms with Gasteiger partial charge in [0.05, 0.1) is 5.69 Å². The molecule has 0 radical (unpaired) electrons. The van der Waals surface area contributed by atoms with Gasteiger partial charge in [0.15, 0.2) is 5.75 Å². The van der Waals surface area contributed by atoms with Gasteiger partial charge in [0.25, 0.3) is 0 Å². The Morgan fingerprint density at radius 2 is 2.00 bits per heavy atom. The highest BCUT2D eigenvalue weighted by molar-refractivity contribution is 5.97. The van der Waals surface area contributed by atoms with E-state index in [9.17, 15) is 14.7 Å². The fraction of sp³-hybridized carbons (Fsp3) is 0.429. The van der Waals surface area contributed by atoms with Crippen LogP contribution >= 0.6 is 0 Å². The Labute approximate surface area is 118 Å². The third-order valence-electron chi connectivity index (χ3n) is 2.95. The van der Waals surface area contributed by atoms with E-state index in [1.165, 1.54) is 23.1 Å². The summed E-state index contributed by atoms with van der Waals surface area (Å²) in [6, 6.07) is 3.83. The largest absolute Gasteiger partial charge is 0.505 e. The summed E-state index contributed by atoms with van der Waals surface area (Å²) >= 11 is 0. The third kappa shape index (κ3) is 4.15. The SMILES string of the molecule is CCCCCN(C)C(=O)Nc1cccc(C(=O)O)c1O. The second kappa shape index (κ2) is 7.37. The summed E-state index contributed by atoms with van der Waals surface area (Å²) in [6.45, 7) is 2.69. The number of aromatic carboxylic acids is 1. The van der Waals surface area contributed by atoms with Gasteiger partial charge in [0.2, 0.25) is 0 Å². The van der Waals surface area contributed by atoms with Crippen molar-refractivity contribution >= 4 is 17.7 Å². The van der Waals surface area contributed by atoms with Gasteiger partial charge >= 0.3 is 12.0 Å². The van der Waals surface area contributed by atoms with Crippen LogP contribution in [0.15, 0.2) is 18.2 Å². The maximum atomic E-state index is 11.9. The number of unbranched alkanes of at least 4 members (excludes halogenated alkanes) is 2. The van der Waals surface area contributed by atoms with Gasteiger partial charge in [0, 0.05) is 13.6 Å². The van der Waals surface area contributed by atoms with Gasteiger partial charge in [-0.15, -0.1) is 0 Å². The Bertz CT molecular complexity index is 488. The quantitative estimate of drug-likeness (QED) is 0.552. The molecule has 6 heteroatoms. The molecule has 0 aliphatic heterocycles. The van der Waals surface area contributed by atoms with Crippen molar-refractivity contribution in [2.75, 3.05) is 18.9 Å². The molecule has 1 aromatic carbocycles. The summed E-state index contributed by atoms with van der Waals surface area (Å²) in [7, 11) is 1.66. The van der Waals surface area contributed by atoms with Crippen LogP contribution in [0.5, 0.6) is 5.75 Å². The highest BCUT2D eigenvalue weighted by atomic mass is 16.4. The number of carboxylic acids is 1. The second-order valence-electron chi connectivity index (χ2n) is 4.57. The Kier molecular flexibility index (Phi) is 5.83. The number of hydrogen-bond donors (Lipinski definition) is 3. The summed E-state index contributed by atoms with van der Waals surface area (Å²) < 4.78 is 0. The molecule has 0 atom stereocenters. The number of hydrogen-bond acceptors (Lipinski definition) is 3. The monoisotopic (exact) mass is 280 g/mol. The molecule has 0 aromatic heterocycles. The number of benzene rings is 1. The van der Waals surface area contributed by atoms with E-state index in [2.05, 4.69) is 12.2 Å². The maximum Gasteiger partial charge on any atom is 0.339 e. The number of phenols is 1. The molecular formula is C14H20N2O4. The molecular weight excluding hydrogens is 260 g/mol. The zero-order valence-corrected chi connectivity index (χ0v) is 11.7. The summed E-state index contributed by atoms with van der Waals surface area (Å²) in [6.07, 6.45) is 3.01. The molecule has 0 fully saturated rings. The average molecular weight is 280 g/mol. The number of aromatic hydroxyl groups is 1. The van der Waals surface area contributed by atoms with Gasteiger partial charge in [-0.1, -0.05) is 25.8 Å². The summed E-state index contributed by atoms with van der Waals surface area (Å²) in [5, 5.41) is 21.2. The van der Waals surface area contributed by atoms with Gasteiger partial charge in [-0.2, -0.15) is 0 Å². The Balaban J connectivity index is 2.71. The molecule has 0 aliphatic rings. The molecule has 1 aromatic rings.